The minimum atomic E-state index is 0.168. The highest BCUT2D eigenvalue weighted by atomic mass is 32.2. The Hall–Kier alpha value is -1.62. The second kappa shape index (κ2) is 6.87. The maximum atomic E-state index is 12.6. The van der Waals surface area contributed by atoms with Crippen molar-refractivity contribution in [3.05, 3.63) is 40.2 Å². The van der Waals surface area contributed by atoms with E-state index < -0.39 is 0 Å². The number of hydrogen-bond acceptors (Lipinski definition) is 4. The first-order chi connectivity index (χ1) is 11.1. The average molecular weight is 329 g/mol. The Kier molecular flexibility index (Phi) is 4.85. The van der Waals surface area contributed by atoms with Gasteiger partial charge in [-0.2, -0.15) is 0 Å². The van der Waals surface area contributed by atoms with Gasteiger partial charge in [-0.05, 0) is 56.4 Å². The van der Waals surface area contributed by atoms with Gasteiger partial charge in [0.1, 0.15) is 5.82 Å². The number of ketones is 1. The largest absolute Gasteiger partial charge is 0.306 e. The summed E-state index contributed by atoms with van der Waals surface area (Å²) in [6.45, 7) is 7.11. The molecule has 0 spiro atoms. The van der Waals surface area contributed by atoms with E-state index in [0.717, 1.165) is 35.1 Å². The third kappa shape index (κ3) is 3.50. The fourth-order valence-electron chi connectivity index (χ4n) is 3.03. The third-order valence-electron chi connectivity index (χ3n) is 4.55. The van der Waals surface area contributed by atoms with Crippen molar-refractivity contribution in [1.82, 2.24) is 14.8 Å². The van der Waals surface area contributed by atoms with E-state index in [-0.39, 0.29) is 5.78 Å². The van der Waals surface area contributed by atoms with Crippen LogP contribution in [0.25, 0.3) is 0 Å². The number of carbonyl (C=O) groups is 1. The Morgan fingerprint density at radius 3 is 2.70 bits per heavy atom. The fraction of sp³-hybridized carbons (Fsp3) is 0.500. The lowest BCUT2D eigenvalue weighted by Crippen LogP contribution is -2.08. The van der Waals surface area contributed by atoms with Crippen LogP contribution in [0.1, 0.15) is 52.1 Å². The van der Waals surface area contributed by atoms with Gasteiger partial charge in [0.15, 0.2) is 10.9 Å². The number of benzene rings is 1. The van der Waals surface area contributed by atoms with Crippen LogP contribution in [-0.2, 0) is 13.0 Å². The molecule has 0 fully saturated rings. The summed E-state index contributed by atoms with van der Waals surface area (Å²) in [6.07, 6.45) is 4.60. The van der Waals surface area contributed by atoms with Crippen molar-refractivity contribution >= 4 is 17.5 Å². The van der Waals surface area contributed by atoms with Gasteiger partial charge < -0.3 is 4.57 Å². The lowest BCUT2D eigenvalue weighted by molar-refractivity contribution is 0.102. The third-order valence-corrected chi connectivity index (χ3v) is 5.52. The van der Waals surface area contributed by atoms with Crippen LogP contribution >= 0.6 is 11.8 Å². The van der Waals surface area contributed by atoms with Gasteiger partial charge in [-0.1, -0.05) is 24.2 Å². The monoisotopic (exact) mass is 329 g/mol. The van der Waals surface area contributed by atoms with E-state index in [4.69, 9.17) is 0 Å². The van der Waals surface area contributed by atoms with Crippen molar-refractivity contribution in [2.24, 2.45) is 0 Å². The molecule has 0 unspecified atom stereocenters. The molecule has 23 heavy (non-hydrogen) atoms. The minimum Gasteiger partial charge on any atom is -0.306 e. The smallest absolute Gasteiger partial charge is 0.191 e. The molecule has 2 heterocycles. The minimum absolute atomic E-state index is 0.168. The SMILES string of the molecule is Cc1cc(C)c(C(=O)CSc2nnc3n2CCCCC3)cc1C. The summed E-state index contributed by atoms with van der Waals surface area (Å²) in [6, 6.07) is 4.11. The van der Waals surface area contributed by atoms with E-state index in [1.165, 1.54) is 42.2 Å². The van der Waals surface area contributed by atoms with Gasteiger partial charge in [-0.25, -0.2) is 0 Å². The zero-order valence-electron chi connectivity index (χ0n) is 14.1. The summed E-state index contributed by atoms with van der Waals surface area (Å²) in [4.78, 5) is 12.6. The van der Waals surface area contributed by atoms with Crippen molar-refractivity contribution in [3.63, 3.8) is 0 Å². The summed E-state index contributed by atoms with van der Waals surface area (Å²) < 4.78 is 2.19. The molecule has 1 aromatic carbocycles. The van der Waals surface area contributed by atoms with Gasteiger partial charge in [0, 0.05) is 18.5 Å². The second-order valence-electron chi connectivity index (χ2n) is 6.32. The molecule has 0 bridgehead atoms. The van der Waals surface area contributed by atoms with Gasteiger partial charge in [0.25, 0.3) is 0 Å². The molecule has 122 valence electrons. The molecule has 4 nitrogen and oxygen atoms in total. The molecule has 2 aromatic rings. The van der Waals surface area contributed by atoms with Crippen molar-refractivity contribution in [2.45, 2.75) is 58.2 Å². The Bertz CT molecular complexity index is 736. The summed E-state index contributed by atoms with van der Waals surface area (Å²) in [7, 11) is 0. The Morgan fingerprint density at radius 2 is 1.87 bits per heavy atom. The Labute approximate surface area is 141 Å². The van der Waals surface area contributed by atoms with Crippen LogP contribution in [0.15, 0.2) is 17.3 Å². The second-order valence-corrected chi connectivity index (χ2v) is 7.27. The lowest BCUT2D eigenvalue weighted by atomic mass is 9.99. The lowest BCUT2D eigenvalue weighted by Gasteiger charge is -2.09. The van der Waals surface area contributed by atoms with Gasteiger partial charge in [-0.15, -0.1) is 10.2 Å². The van der Waals surface area contributed by atoms with Crippen LogP contribution in [0.5, 0.6) is 0 Å². The molecule has 1 aromatic heterocycles. The maximum absolute atomic E-state index is 12.6. The number of aromatic nitrogens is 3. The maximum Gasteiger partial charge on any atom is 0.191 e. The van der Waals surface area contributed by atoms with Crippen LogP contribution in [0, 0.1) is 20.8 Å². The number of thioether (sulfide) groups is 1. The summed E-state index contributed by atoms with van der Waals surface area (Å²) >= 11 is 1.51. The number of hydrogen-bond donors (Lipinski definition) is 0. The predicted molar refractivity (Wildman–Crippen MR) is 93.3 cm³/mol. The molecular weight excluding hydrogens is 306 g/mol. The number of fused-ring (bicyclic) bond motifs is 1. The van der Waals surface area contributed by atoms with Gasteiger partial charge >= 0.3 is 0 Å². The molecule has 0 N–H and O–H groups in total. The van der Waals surface area contributed by atoms with Crippen molar-refractivity contribution < 1.29 is 4.79 Å². The molecule has 0 saturated carbocycles. The molecule has 0 amide bonds. The van der Waals surface area contributed by atoms with Crippen LogP contribution < -0.4 is 0 Å². The zero-order valence-corrected chi connectivity index (χ0v) is 14.9. The number of rotatable bonds is 4. The van der Waals surface area contributed by atoms with Crippen molar-refractivity contribution in [2.75, 3.05) is 5.75 Å². The van der Waals surface area contributed by atoms with Crippen LogP contribution in [-0.4, -0.2) is 26.3 Å². The molecule has 5 heteroatoms. The fourth-order valence-corrected chi connectivity index (χ4v) is 3.90. The number of nitrogens with zero attached hydrogens (tertiary/aromatic N) is 3. The van der Waals surface area contributed by atoms with E-state index >= 15 is 0 Å². The first-order valence-electron chi connectivity index (χ1n) is 8.22. The first-order valence-corrected chi connectivity index (χ1v) is 9.20. The first kappa shape index (κ1) is 16.2. The molecule has 3 rings (SSSR count). The van der Waals surface area contributed by atoms with Crippen LogP contribution in [0.3, 0.4) is 0 Å². The van der Waals surface area contributed by atoms with E-state index in [9.17, 15) is 4.79 Å². The van der Waals surface area contributed by atoms with Gasteiger partial charge in [0.05, 0.1) is 5.75 Å². The number of carbonyl (C=O) groups excluding carboxylic acids is 1. The van der Waals surface area contributed by atoms with E-state index in [0.29, 0.717) is 5.75 Å². The highest BCUT2D eigenvalue weighted by Crippen LogP contribution is 2.24. The van der Waals surface area contributed by atoms with E-state index in [2.05, 4.69) is 34.7 Å². The normalized spacial score (nSPS) is 14.4. The molecule has 0 saturated heterocycles. The highest BCUT2D eigenvalue weighted by molar-refractivity contribution is 7.99. The number of Topliss-reactive ketones (excluding diaryl/α,β-unsaturated/α-hetero) is 1. The highest BCUT2D eigenvalue weighted by Gasteiger charge is 2.17. The molecule has 0 atom stereocenters. The molecule has 1 aliphatic heterocycles. The van der Waals surface area contributed by atoms with Crippen LogP contribution in [0.4, 0.5) is 0 Å². The zero-order chi connectivity index (χ0) is 16.4. The van der Waals surface area contributed by atoms with Crippen LogP contribution in [0.2, 0.25) is 0 Å². The average Bonchev–Trinajstić information content (AvgIpc) is 2.75. The molecule has 0 aliphatic carbocycles. The predicted octanol–water partition coefficient (Wildman–Crippen LogP) is 3.90. The number of aryl methyl sites for hydroxylation is 4. The van der Waals surface area contributed by atoms with E-state index in [1.54, 1.807) is 0 Å². The quantitative estimate of drug-likeness (QED) is 0.630. The summed E-state index contributed by atoms with van der Waals surface area (Å²) in [5.74, 6) is 1.66. The Balaban J connectivity index is 1.73. The molecule has 1 aliphatic rings. The molecular formula is C18H23N3OS. The van der Waals surface area contributed by atoms with Crippen molar-refractivity contribution in [1.29, 1.82) is 0 Å². The summed E-state index contributed by atoms with van der Waals surface area (Å²) in [5, 5.41) is 9.46. The molecule has 0 radical (unpaired) electrons. The topological polar surface area (TPSA) is 47.8 Å². The van der Waals surface area contributed by atoms with Gasteiger partial charge in [-0.3, -0.25) is 4.79 Å². The van der Waals surface area contributed by atoms with Gasteiger partial charge in [0.2, 0.25) is 0 Å². The van der Waals surface area contributed by atoms with E-state index in [1.807, 2.05) is 13.0 Å². The standard InChI is InChI=1S/C18H23N3OS/c1-12-9-14(3)15(10-13(12)2)16(22)11-23-18-20-19-17-7-5-4-6-8-21(17)18/h9-10H,4-8,11H2,1-3H3. The Morgan fingerprint density at radius 1 is 1.09 bits per heavy atom. The summed E-state index contributed by atoms with van der Waals surface area (Å²) in [5.41, 5.74) is 4.28. The van der Waals surface area contributed by atoms with Crippen molar-refractivity contribution in [3.8, 4) is 0 Å².